The molecular formula is C51H37N3OS. The average Bonchev–Trinajstić information content (AvgIpc) is 3.86. The molecule has 7 aromatic rings. The lowest BCUT2D eigenvalue weighted by Crippen LogP contribution is -2.37. The first kappa shape index (κ1) is 33.0. The standard InChI is InChI=1S/C51H37N3OS/c1-4-13-32(14-5-1)34-25-27-36(28-26-34)50-52-49(35-17-8-3-9-18-35)53-51(54-50)44-24-11-20-40-39-19-10-21-41(46(39)55-47(40)44)43-23-12-22-42-38-30-29-37(31-45(38)56-48(42)43)33-15-6-2-7-16-33/h1-17,19-31,35,42,48,51H,18H2,(H,52,53,54). The van der Waals surface area contributed by atoms with Crippen LogP contribution in [0.15, 0.2) is 201 Å². The molecule has 4 aliphatic rings. The van der Waals surface area contributed by atoms with Gasteiger partial charge in [0, 0.05) is 49.4 Å². The molecule has 56 heavy (non-hydrogen) atoms. The number of amidine groups is 2. The lowest BCUT2D eigenvalue weighted by atomic mass is 9.84. The van der Waals surface area contributed by atoms with Crippen molar-refractivity contribution in [2.75, 3.05) is 0 Å². The molecule has 3 heterocycles. The Labute approximate surface area is 330 Å². The maximum absolute atomic E-state index is 7.06. The second kappa shape index (κ2) is 13.7. The number of rotatable bonds is 6. The summed E-state index contributed by atoms with van der Waals surface area (Å²) in [5.41, 5.74) is 12.5. The topological polar surface area (TPSA) is 49.9 Å². The predicted octanol–water partition coefficient (Wildman–Crippen LogP) is 12.7. The zero-order valence-corrected chi connectivity index (χ0v) is 31.4. The number of para-hydroxylation sites is 2. The van der Waals surface area contributed by atoms with Crippen LogP contribution in [0.25, 0.3) is 49.8 Å². The predicted molar refractivity (Wildman–Crippen MR) is 233 cm³/mol. The van der Waals surface area contributed by atoms with Gasteiger partial charge in [0.1, 0.15) is 17.0 Å². The van der Waals surface area contributed by atoms with Gasteiger partial charge in [0.15, 0.2) is 12.0 Å². The third-order valence-corrected chi connectivity index (χ3v) is 12.9. The minimum atomic E-state index is -0.377. The zero-order chi connectivity index (χ0) is 37.0. The molecule has 4 atom stereocenters. The highest BCUT2D eigenvalue weighted by Gasteiger charge is 2.37. The number of aliphatic imine (C=N–C) groups is 2. The Morgan fingerprint density at radius 2 is 1.32 bits per heavy atom. The third-order valence-electron chi connectivity index (χ3n) is 11.5. The highest BCUT2D eigenvalue weighted by atomic mass is 32.2. The van der Waals surface area contributed by atoms with Crippen LogP contribution in [-0.4, -0.2) is 16.9 Å². The number of fused-ring (bicyclic) bond motifs is 6. The fourth-order valence-electron chi connectivity index (χ4n) is 8.63. The first-order valence-corrected chi connectivity index (χ1v) is 20.2. The van der Waals surface area contributed by atoms with Crippen molar-refractivity contribution in [3.8, 4) is 22.3 Å². The number of nitrogens with zero attached hydrogens (tertiary/aromatic N) is 2. The zero-order valence-electron chi connectivity index (χ0n) is 30.5. The molecule has 0 saturated carbocycles. The molecule has 2 aliphatic carbocycles. The summed E-state index contributed by atoms with van der Waals surface area (Å²) < 4.78 is 7.06. The van der Waals surface area contributed by atoms with E-state index in [4.69, 9.17) is 14.4 Å². The Morgan fingerprint density at radius 3 is 2.11 bits per heavy atom. The molecule has 0 radical (unpaired) electrons. The monoisotopic (exact) mass is 739 g/mol. The molecule has 2 aliphatic heterocycles. The van der Waals surface area contributed by atoms with Gasteiger partial charge in [-0.05, 0) is 45.9 Å². The lowest BCUT2D eigenvalue weighted by molar-refractivity contribution is 0.615. The van der Waals surface area contributed by atoms with Gasteiger partial charge >= 0.3 is 0 Å². The second-order valence-electron chi connectivity index (χ2n) is 14.8. The molecular weight excluding hydrogens is 703 g/mol. The van der Waals surface area contributed by atoms with E-state index in [0.29, 0.717) is 5.92 Å². The SMILES string of the molecule is C1=CCC(C2=NC(c3ccc(-c4ccccc4)cc3)=NC(c3cccc4c3oc3c(C5=CC=CC6c7ccc(-c8ccccc8)cc7SC56)cccc34)N2)C=C1. The number of furan rings is 1. The van der Waals surface area contributed by atoms with Crippen molar-refractivity contribution in [1.82, 2.24) is 5.32 Å². The van der Waals surface area contributed by atoms with Crippen molar-refractivity contribution < 1.29 is 4.42 Å². The molecule has 0 bridgehead atoms. The number of allylic oxidation sites excluding steroid dienone is 6. The molecule has 11 rings (SSSR count). The van der Waals surface area contributed by atoms with Gasteiger partial charge in [-0.2, -0.15) is 0 Å². The van der Waals surface area contributed by atoms with Gasteiger partial charge in [-0.1, -0.05) is 176 Å². The number of nitrogens with one attached hydrogen (secondary N) is 1. The summed E-state index contributed by atoms with van der Waals surface area (Å²) in [6.45, 7) is 0. The van der Waals surface area contributed by atoms with Gasteiger partial charge in [0.05, 0.1) is 0 Å². The number of benzene rings is 6. The molecule has 0 saturated heterocycles. The van der Waals surface area contributed by atoms with Gasteiger partial charge in [0.2, 0.25) is 0 Å². The molecule has 0 spiro atoms. The first-order chi connectivity index (χ1) is 27.7. The molecule has 0 amide bonds. The molecule has 1 N–H and O–H groups in total. The Morgan fingerprint density at radius 1 is 0.607 bits per heavy atom. The Kier molecular flexibility index (Phi) is 8.06. The second-order valence-corrected chi connectivity index (χ2v) is 16.0. The van der Waals surface area contributed by atoms with Gasteiger partial charge in [-0.3, -0.25) is 0 Å². The summed E-state index contributed by atoms with van der Waals surface area (Å²) in [7, 11) is 0. The largest absolute Gasteiger partial charge is 0.455 e. The van der Waals surface area contributed by atoms with Crippen LogP contribution < -0.4 is 5.32 Å². The van der Waals surface area contributed by atoms with E-state index in [0.717, 1.165) is 56.7 Å². The highest BCUT2D eigenvalue weighted by molar-refractivity contribution is 8.00. The van der Waals surface area contributed by atoms with E-state index in [-0.39, 0.29) is 17.3 Å². The van der Waals surface area contributed by atoms with Gasteiger partial charge < -0.3 is 9.73 Å². The molecule has 0 fully saturated rings. The van der Waals surface area contributed by atoms with E-state index < -0.39 is 0 Å². The minimum Gasteiger partial charge on any atom is -0.455 e. The smallest absolute Gasteiger partial charge is 0.159 e. The lowest BCUT2D eigenvalue weighted by Gasteiger charge is -2.27. The van der Waals surface area contributed by atoms with E-state index >= 15 is 0 Å². The first-order valence-electron chi connectivity index (χ1n) is 19.4. The van der Waals surface area contributed by atoms with E-state index in [9.17, 15) is 0 Å². The number of hydrogen-bond acceptors (Lipinski definition) is 5. The summed E-state index contributed by atoms with van der Waals surface area (Å²) in [5.74, 6) is 2.07. The van der Waals surface area contributed by atoms with Crippen LogP contribution in [0.1, 0.15) is 40.8 Å². The summed E-state index contributed by atoms with van der Waals surface area (Å²) >= 11 is 1.97. The molecule has 5 heteroatoms. The van der Waals surface area contributed by atoms with Crippen molar-refractivity contribution in [1.29, 1.82) is 0 Å². The third kappa shape index (κ3) is 5.70. The summed E-state index contributed by atoms with van der Waals surface area (Å²) in [6.07, 6.45) is 16.0. The van der Waals surface area contributed by atoms with Crippen molar-refractivity contribution >= 4 is 50.9 Å². The molecule has 268 valence electrons. The van der Waals surface area contributed by atoms with E-state index in [1.165, 1.54) is 38.3 Å². The van der Waals surface area contributed by atoms with Crippen LogP contribution in [0.2, 0.25) is 0 Å². The Bertz CT molecular complexity index is 2840. The van der Waals surface area contributed by atoms with Crippen LogP contribution in [0, 0.1) is 5.92 Å². The Balaban J connectivity index is 0.973. The van der Waals surface area contributed by atoms with Gasteiger partial charge in [-0.25, -0.2) is 9.98 Å². The van der Waals surface area contributed by atoms with Crippen molar-refractivity contribution in [2.24, 2.45) is 15.9 Å². The summed E-state index contributed by atoms with van der Waals surface area (Å²) in [6, 6.07) is 49.7. The molecule has 4 unspecified atom stereocenters. The quantitative estimate of drug-likeness (QED) is 0.185. The minimum absolute atomic E-state index is 0.133. The average molecular weight is 740 g/mol. The van der Waals surface area contributed by atoms with Crippen molar-refractivity contribution in [3.63, 3.8) is 0 Å². The highest BCUT2D eigenvalue weighted by Crippen LogP contribution is 2.54. The van der Waals surface area contributed by atoms with Crippen molar-refractivity contribution in [2.45, 2.75) is 28.6 Å². The molecule has 4 nitrogen and oxygen atoms in total. The fourth-order valence-corrected chi connectivity index (χ4v) is 10.2. The molecule has 1 aromatic heterocycles. The maximum atomic E-state index is 7.06. The van der Waals surface area contributed by atoms with Gasteiger partial charge in [-0.15, -0.1) is 11.8 Å². The Hall–Kier alpha value is -6.43. The number of thioether (sulfide) groups is 1. The van der Waals surface area contributed by atoms with E-state index in [1.807, 2.05) is 17.8 Å². The summed E-state index contributed by atoms with van der Waals surface area (Å²) in [5, 5.41) is 6.21. The van der Waals surface area contributed by atoms with E-state index in [2.05, 4.69) is 181 Å². The van der Waals surface area contributed by atoms with Crippen LogP contribution in [-0.2, 0) is 0 Å². The summed E-state index contributed by atoms with van der Waals surface area (Å²) in [4.78, 5) is 11.8. The van der Waals surface area contributed by atoms with E-state index in [1.54, 1.807) is 0 Å². The van der Waals surface area contributed by atoms with Crippen LogP contribution >= 0.6 is 11.8 Å². The van der Waals surface area contributed by atoms with Crippen LogP contribution in [0.5, 0.6) is 0 Å². The molecule has 6 aromatic carbocycles. The fraction of sp³-hybridized carbons (Fsp3) is 0.0980. The maximum Gasteiger partial charge on any atom is 0.159 e. The van der Waals surface area contributed by atoms with Crippen molar-refractivity contribution in [3.05, 3.63) is 204 Å². The van der Waals surface area contributed by atoms with Crippen LogP contribution in [0.4, 0.5) is 0 Å². The number of hydrogen-bond donors (Lipinski definition) is 1. The van der Waals surface area contributed by atoms with Crippen LogP contribution in [0.3, 0.4) is 0 Å². The van der Waals surface area contributed by atoms with Gasteiger partial charge in [0.25, 0.3) is 0 Å². The normalized spacial score (nSPS) is 21.0.